The number of rotatable bonds is 9. The van der Waals surface area contributed by atoms with Crippen molar-refractivity contribution in [2.24, 2.45) is 0 Å². The number of carbonyl (C=O) groups is 2. The number of nitrogens with zero attached hydrogens (tertiary/aromatic N) is 1. The minimum Gasteiger partial charge on any atom is -0.497 e. The van der Waals surface area contributed by atoms with Gasteiger partial charge in [0.15, 0.2) is 0 Å². The van der Waals surface area contributed by atoms with Crippen LogP contribution in [0.4, 0.5) is 4.39 Å². The molecule has 0 spiro atoms. The van der Waals surface area contributed by atoms with Gasteiger partial charge in [-0.15, -0.1) is 0 Å². The van der Waals surface area contributed by atoms with E-state index in [0.29, 0.717) is 17.0 Å². The van der Waals surface area contributed by atoms with Gasteiger partial charge in [0, 0.05) is 18.3 Å². The van der Waals surface area contributed by atoms with Gasteiger partial charge in [-0.3, -0.25) is 9.59 Å². The van der Waals surface area contributed by atoms with Crippen LogP contribution in [-0.2, 0) is 11.3 Å². The first-order valence-electron chi connectivity index (χ1n) is 13.8. The van der Waals surface area contributed by atoms with Gasteiger partial charge in [0.1, 0.15) is 23.3 Å². The molecule has 1 unspecified atom stereocenters. The Balaban J connectivity index is 1.54. The Morgan fingerprint density at radius 1 is 0.950 bits per heavy atom. The lowest BCUT2D eigenvalue weighted by Crippen LogP contribution is -2.47. The number of ether oxygens (including phenoxy) is 1. The SMILES string of the molecule is COc1cccc(CN(C(=O)c2ccc(-c3ccccc3)[nH]2)C(C(=O)NC2CCCCC2)c2ccc(F)cc2)c1. The van der Waals surface area contributed by atoms with Crippen molar-refractivity contribution in [3.63, 3.8) is 0 Å². The Morgan fingerprint density at radius 2 is 1.70 bits per heavy atom. The predicted octanol–water partition coefficient (Wildman–Crippen LogP) is 6.66. The zero-order valence-electron chi connectivity index (χ0n) is 22.6. The Bertz CT molecular complexity index is 1430. The lowest BCUT2D eigenvalue weighted by molar-refractivity contribution is -0.127. The van der Waals surface area contributed by atoms with Crippen molar-refractivity contribution in [1.82, 2.24) is 15.2 Å². The van der Waals surface area contributed by atoms with Crippen LogP contribution in [0.5, 0.6) is 5.75 Å². The Labute approximate surface area is 234 Å². The van der Waals surface area contributed by atoms with Gasteiger partial charge in [0.25, 0.3) is 5.91 Å². The summed E-state index contributed by atoms with van der Waals surface area (Å²) in [7, 11) is 1.59. The Kier molecular flexibility index (Phi) is 8.59. The molecule has 1 aliphatic carbocycles. The maximum Gasteiger partial charge on any atom is 0.271 e. The number of aromatic nitrogens is 1. The summed E-state index contributed by atoms with van der Waals surface area (Å²) in [5, 5.41) is 3.20. The molecule has 7 heteroatoms. The van der Waals surface area contributed by atoms with Crippen LogP contribution < -0.4 is 10.1 Å². The first-order chi connectivity index (χ1) is 19.5. The quantitative estimate of drug-likeness (QED) is 0.250. The molecule has 0 saturated heterocycles. The molecule has 1 heterocycles. The zero-order valence-corrected chi connectivity index (χ0v) is 22.6. The van der Waals surface area contributed by atoms with Crippen molar-refractivity contribution in [2.45, 2.75) is 50.7 Å². The molecule has 4 aromatic rings. The monoisotopic (exact) mass is 539 g/mol. The van der Waals surface area contributed by atoms with Gasteiger partial charge in [0.05, 0.1) is 7.11 Å². The summed E-state index contributed by atoms with van der Waals surface area (Å²) in [5.41, 5.74) is 3.46. The van der Waals surface area contributed by atoms with Crippen molar-refractivity contribution in [2.75, 3.05) is 7.11 Å². The van der Waals surface area contributed by atoms with Crippen LogP contribution in [0, 0.1) is 5.82 Å². The van der Waals surface area contributed by atoms with Crippen molar-refractivity contribution < 1.29 is 18.7 Å². The van der Waals surface area contributed by atoms with Gasteiger partial charge in [-0.05, 0) is 65.9 Å². The Hall–Kier alpha value is -4.39. The predicted molar refractivity (Wildman–Crippen MR) is 153 cm³/mol. The molecular formula is C33H34FN3O3. The standard InChI is InChI=1S/C33H34FN3O3/c1-40-28-14-8-9-23(21-28)22-37(33(39)30-20-19-29(36-30)24-10-4-2-5-11-24)31(25-15-17-26(34)18-16-25)32(38)35-27-12-6-3-7-13-27/h2,4-5,8-11,14-21,27,31,36H,3,6-7,12-13,22H2,1H3,(H,35,38). The summed E-state index contributed by atoms with van der Waals surface area (Å²) >= 11 is 0. The molecule has 1 saturated carbocycles. The van der Waals surface area contributed by atoms with Gasteiger partial charge in [-0.1, -0.05) is 73.9 Å². The van der Waals surface area contributed by atoms with Crippen LogP contribution in [0.2, 0.25) is 0 Å². The fourth-order valence-corrected chi connectivity index (χ4v) is 5.35. The van der Waals surface area contributed by atoms with E-state index in [1.165, 1.54) is 12.1 Å². The lowest BCUT2D eigenvalue weighted by Gasteiger charge is -2.33. The van der Waals surface area contributed by atoms with Crippen molar-refractivity contribution in [3.8, 4) is 17.0 Å². The van der Waals surface area contributed by atoms with Gasteiger partial charge >= 0.3 is 0 Å². The summed E-state index contributed by atoms with van der Waals surface area (Å²) in [6.45, 7) is 0.149. The number of halogens is 1. The van der Waals surface area contributed by atoms with Crippen LogP contribution in [0.15, 0.2) is 91.0 Å². The third-order valence-corrected chi connectivity index (χ3v) is 7.45. The fraction of sp³-hybridized carbons (Fsp3) is 0.273. The molecule has 1 atom stereocenters. The second-order valence-electron chi connectivity index (χ2n) is 10.2. The lowest BCUT2D eigenvalue weighted by atomic mass is 9.94. The number of nitrogens with one attached hydrogen (secondary N) is 2. The van der Waals surface area contributed by atoms with E-state index in [9.17, 15) is 14.0 Å². The maximum absolute atomic E-state index is 14.2. The van der Waals surface area contributed by atoms with Crippen molar-refractivity contribution in [3.05, 3.63) is 114 Å². The van der Waals surface area contributed by atoms with Gasteiger partial charge in [-0.2, -0.15) is 0 Å². The van der Waals surface area contributed by atoms with Crippen molar-refractivity contribution >= 4 is 11.8 Å². The molecule has 2 N–H and O–H groups in total. The average molecular weight is 540 g/mol. The number of methoxy groups -OCH3 is 1. The maximum atomic E-state index is 14.2. The molecule has 0 radical (unpaired) electrons. The van der Waals surface area contributed by atoms with Crippen LogP contribution in [-0.4, -0.2) is 34.8 Å². The molecule has 206 valence electrons. The first kappa shape index (κ1) is 27.2. The molecule has 1 fully saturated rings. The highest BCUT2D eigenvalue weighted by atomic mass is 19.1. The molecule has 40 heavy (non-hydrogen) atoms. The second kappa shape index (κ2) is 12.6. The van der Waals surface area contributed by atoms with E-state index in [2.05, 4.69) is 10.3 Å². The summed E-state index contributed by atoms with van der Waals surface area (Å²) in [6.07, 6.45) is 5.09. The highest BCUT2D eigenvalue weighted by molar-refractivity contribution is 5.97. The van der Waals surface area contributed by atoms with Gasteiger partial charge in [-0.25, -0.2) is 4.39 Å². The summed E-state index contributed by atoms with van der Waals surface area (Å²) in [4.78, 5) is 33.0. The van der Waals surface area contributed by atoms with E-state index in [1.807, 2.05) is 60.7 Å². The summed E-state index contributed by atoms with van der Waals surface area (Å²) < 4.78 is 19.4. The fourth-order valence-electron chi connectivity index (χ4n) is 5.35. The number of hydrogen-bond acceptors (Lipinski definition) is 3. The van der Waals surface area contributed by atoms with Gasteiger partial charge < -0.3 is 19.9 Å². The third-order valence-electron chi connectivity index (χ3n) is 7.45. The number of H-pyrrole nitrogens is 1. The second-order valence-corrected chi connectivity index (χ2v) is 10.2. The largest absolute Gasteiger partial charge is 0.497 e. The number of hydrogen-bond donors (Lipinski definition) is 2. The number of carbonyl (C=O) groups excluding carboxylic acids is 2. The molecule has 0 bridgehead atoms. The van der Waals surface area contributed by atoms with Crippen LogP contribution in [0.1, 0.15) is 59.8 Å². The minimum absolute atomic E-state index is 0.0492. The number of amides is 2. The summed E-state index contributed by atoms with van der Waals surface area (Å²) in [6, 6.07) is 25.7. The van der Waals surface area contributed by atoms with E-state index in [1.54, 1.807) is 30.2 Å². The van der Waals surface area contributed by atoms with Crippen LogP contribution >= 0.6 is 0 Å². The van der Waals surface area contributed by atoms with Gasteiger partial charge in [0.2, 0.25) is 5.91 Å². The molecule has 0 aliphatic heterocycles. The molecule has 6 nitrogen and oxygen atoms in total. The zero-order chi connectivity index (χ0) is 27.9. The van der Waals surface area contributed by atoms with E-state index < -0.39 is 11.9 Å². The van der Waals surface area contributed by atoms with E-state index in [-0.39, 0.29) is 24.4 Å². The molecule has 2 amide bonds. The molecule has 3 aromatic carbocycles. The molecule has 5 rings (SSSR count). The average Bonchev–Trinajstić information content (AvgIpc) is 3.49. The highest BCUT2D eigenvalue weighted by Crippen LogP contribution is 2.29. The molecular weight excluding hydrogens is 505 g/mol. The summed E-state index contributed by atoms with van der Waals surface area (Å²) in [5.74, 6) is -0.360. The molecule has 1 aliphatic rings. The molecule has 1 aromatic heterocycles. The van der Waals surface area contributed by atoms with E-state index in [4.69, 9.17) is 4.74 Å². The smallest absolute Gasteiger partial charge is 0.271 e. The minimum atomic E-state index is -0.968. The van der Waals surface area contributed by atoms with Crippen LogP contribution in [0.25, 0.3) is 11.3 Å². The third kappa shape index (κ3) is 6.42. The topological polar surface area (TPSA) is 74.4 Å². The van der Waals surface area contributed by atoms with E-state index in [0.717, 1.165) is 48.9 Å². The van der Waals surface area contributed by atoms with Crippen molar-refractivity contribution in [1.29, 1.82) is 0 Å². The van der Waals surface area contributed by atoms with Crippen LogP contribution in [0.3, 0.4) is 0 Å². The Morgan fingerprint density at radius 3 is 2.42 bits per heavy atom. The number of benzene rings is 3. The normalized spacial score (nSPS) is 14.3. The number of aromatic amines is 1. The first-order valence-corrected chi connectivity index (χ1v) is 13.8. The highest BCUT2D eigenvalue weighted by Gasteiger charge is 2.34. The van der Waals surface area contributed by atoms with E-state index >= 15 is 0 Å².